The fourth-order valence-corrected chi connectivity index (χ4v) is 2.81. The minimum Gasteiger partial charge on any atom is -0.497 e. The number of nitrogens with zero attached hydrogens (tertiary/aromatic N) is 2. The maximum Gasteiger partial charge on any atom is 0.309 e. The maximum absolute atomic E-state index is 11.8. The lowest BCUT2D eigenvalue weighted by Gasteiger charge is -2.33. The standard InChI is InChI=1S/C17H22N2O3/c1-3-22-17(20)14-8-10-19(11-9-14)16(12-18)13-4-6-15(21-2)7-5-13/h4-7,14,16H,3,8-11H2,1-2H3. The zero-order valence-corrected chi connectivity index (χ0v) is 13.1. The third-order valence-corrected chi connectivity index (χ3v) is 4.07. The van der Waals surface area contributed by atoms with Gasteiger partial charge < -0.3 is 9.47 Å². The molecular weight excluding hydrogens is 280 g/mol. The maximum atomic E-state index is 11.8. The van der Waals surface area contributed by atoms with Crippen LogP contribution in [0.2, 0.25) is 0 Å². The van der Waals surface area contributed by atoms with Crippen LogP contribution in [0.5, 0.6) is 5.75 Å². The van der Waals surface area contributed by atoms with Gasteiger partial charge in [-0.15, -0.1) is 0 Å². The quantitative estimate of drug-likeness (QED) is 0.782. The number of methoxy groups -OCH3 is 1. The van der Waals surface area contributed by atoms with E-state index in [1.54, 1.807) is 7.11 Å². The van der Waals surface area contributed by atoms with E-state index in [4.69, 9.17) is 9.47 Å². The number of carbonyl (C=O) groups is 1. The summed E-state index contributed by atoms with van der Waals surface area (Å²) in [6, 6.07) is 9.65. The van der Waals surface area contributed by atoms with E-state index in [2.05, 4.69) is 11.0 Å². The van der Waals surface area contributed by atoms with Crippen LogP contribution in [0, 0.1) is 17.2 Å². The summed E-state index contributed by atoms with van der Waals surface area (Å²) >= 11 is 0. The van der Waals surface area contributed by atoms with Gasteiger partial charge in [0.1, 0.15) is 11.8 Å². The molecular formula is C17H22N2O3. The minimum absolute atomic E-state index is 0.0357. The third kappa shape index (κ3) is 3.77. The first-order valence-corrected chi connectivity index (χ1v) is 7.63. The largest absolute Gasteiger partial charge is 0.497 e. The minimum atomic E-state index is -0.283. The molecule has 1 aliphatic heterocycles. The Labute approximate surface area is 131 Å². The van der Waals surface area contributed by atoms with Gasteiger partial charge >= 0.3 is 5.97 Å². The van der Waals surface area contributed by atoms with E-state index in [-0.39, 0.29) is 17.9 Å². The van der Waals surface area contributed by atoms with Crippen molar-refractivity contribution in [1.29, 1.82) is 5.26 Å². The molecule has 2 rings (SSSR count). The molecule has 1 aromatic carbocycles. The van der Waals surface area contributed by atoms with Crippen LogP contribution in [-0.4, -0.2) is 37.7 Å². The molecule has 1 aromatic rings. The Morgan fingerprint density at radius 3 is 2.50 bits per heavy atom. The third-order valence-electron chi connectivity index (χ3n) is 4.07. The Morgan fingerprint density at radius 1 is 1.36 bits per heavy atom. The Balaban J connectivity index is 1.98. The van der Waals surface area contributed by atoms with Crippen LogP contribution in [0.4, 0.5) is 0 Å². The Hall–Kier alpha value is -2.06. The van der Waals surface area contributed by atoms with Crippen molar-refractivity contribution in [2.75, 3.05) is 26.8 Å². The van der Waals surface area contributed by atoms with E-state index in [1.807, 2.05) is 31.2 Å². The summed E-state index contributed by atoms with van der Waals surface area (Å²) in [5.74, 6) is 0.632. The Bertz CT molecular complexity index is 528. The molecule has 1 saturated heterocycles. The number of piperidine rings is 1. The second kappa shape index (κ2) is 7.81. The molecule has 0 spiro atoms. The molecule has 0 aliphatic carbocycles. The van der Waals surface area contributed by atoms with Crippen LogP contribution < -0.4 is 4.74 Å². The summed E-state index contributed by atoms with van der Waals surface area (Å²) < 4.78 is 10.2. The van der Waals surface area contributed by atoms with E-state index in [0.29, 0.717) is 6.61 Å². The van der Waals surface area contributed by atoms with Crippen LogP contribution in [-0.2, 0) is 9.53 Å². The van der Waals surface area contributed by atoms with Crippen molar-refractivity contribution in [3.8, 4) is 11.8 Å². The van der Waals surface area contributed by atoms with Crippen molar-refractivity contribution in [3.05, 3.63) is 29.8 Å². The normalized spacial score (nSPS) is 17.5. The molecule has 0 bridgehead atoms. The fourth-order valence-electron chi connectivity index (χ4n) is 2.81. The molecule has 1 atom stereocenters. The van der Waals surface area contributed by atoms with Crippen LogP contribution >= 0.6 is 0 Å². The van der Waals surface area contributed by atoms with E-state index in [1.165, 1.54) is 0 Å². The van der Waals surface area contributed by atoms with Crippen LogP contribution in [0.3, 0.4) is 0 Å². The Kier molecular flexibility index (Phi) is 5.79. The first-order valence-electron chi connectivity index (χ1n) is 7.63. The van der Waals surface area contributed by atoms with E-state index in [0.717, 1.165) is 37.2 Å². The molecule has 0 saturated carbocycles. The van der Waals surface area contributed by atoms with E-state index >= 15 is 0 Å². The van der Waals surface area contributed by atoms with Gasteiger partial charge in [-0.3, -0.25) is 9.69 Å². The highest BCUT2D eigenvalue weighted by Gasteiger charge is 2.30. The number of nitriles is 1. The van der Waals surface area contributed by atoms with Crippen molar-refractivity contribution in [1.82, 2.24) is 4.90 Å². The summed E-state index contributed by atoms with van der Waals surface area (Å²) in [6.45, 7) is 3.70. The van der Waals surface area contributed by atoms with Crippen molar-refractivity contribution in [2.24, 2.45) is 5.92 Å². The monoisotopic (exact) mass is 302 g/mol. The van der Waals surface area contributed by atoms with Gasteiger partial charge in [0.05, 0.1) is 25.7 Å². The van der Waals surface area contributed by atoms with Crippen molar-refractivity contribution < 1.29 is 14.3 Å². The summed E-state index contributed by atoms with van der Waals surface area (Å²) in [5.41, 5.74) is 0.956. The van der Waals surface area contributed by atoms with Gasteiger partial charge in [-0.25, -0.2) is 0 Å². The second-order valence-corrected chi connectivity index (χ2v) is 5.37. The van der Waals surface area contributed by atoms with Crippen molar-refractivity contribution >= 4 is 5.97 Å². The highest BCUT2D eigenvalue weighted by Crippen LogP contribution is 2.28. The number of rotatable bonds is 5. The first-order chi connectivity index (χ1) is 10.7. The van der Waals surface area contributed by atoms with Gasteiger partial charge in [0.15, 0.2) is 0 Å². The molecule has 118 valence electrons. The zero-order valence-electron chi connectivity index (χ0n) is 13.1. The van der Waals surface area contributed by atoms with Gasteiger partial charge in [-0.2, -0.15) is 5.26 Å². The van der Waals surface area contributed by atoms with E-state index < -0.39 is 0 Å². The average Bonchev–Trinajstić information content (AvgIpc) is 2.57. The zero-order chi connectivity index (χ0) is 15.9. The van der Waals surface area contributed by atoms with Crippen LogP contribution in [0.25, 0.3) is 0 Å². The van der Waals surface area contributed by atoms with Gasteiger partial charge in [-0.1, -0.05) is 12.1 Å². The van der Waals surface area contributed by atoms with Crippen molar-refractivity contribution in [3.63, 3.8) is 0 Å². The molecule has 1 heterocycles. The smallest absolute Gasteiger partial charge is 0.309 e. The summed E-state index contributed by atoms with van der Waals surface area (Å²) in [5, 5.41) is 9.50. The predicted octanol–water partition coefficient (Wildman–Crippen LogP) is 2.53. The molecule has 0 N–H and O–H groups in total. The lowest BCUT2D eigenvalue weighted by atomic mass is 9.94. The van der Waals surface area contributed by atoms with Gasteiger partial charge in [0.2, 0.25) is 0 Å². The number of likely N-dealkylation sites (tertiary alicyclic amines) is 1. The van der Waals surface area contributed by atoms with Gasteiger partial charge in [0, 0.05) is 13.1 Å². The number of hydrogen-bond donors (Lipinski definition) is 0. The number of carbonyl (C=O) groups excluding carboxylic acids is 1. The van der Waals surface area contributed by atoms with Gasteiger partial charge in [-0.05, 0) is 37.5 Å². The molecule has 0 aromatic heterocycles. The highest BCUT2D eigenvalue weighted by molar-refractivity contribution is 5.72. The van der Waals surface area contributed by atoms with Crippen molar-refractivity contribution in [2.45, 2.75) is 25.8 Å². The number of ether oxygens (including phenoxy) is 2. The van der Waals surface area contributed by atoms with Crippen LogP contribution in [0.1, 0.15) is 31.4 Å². The fraction of sp³-hybridized carbons (Fsp3) is 0.529. The predicted molar refractivity (Wildman–Crippen MR) is 82.3 cm³/mol. The molecule has 0 radical (unpaired) electrons. The first kappa shape index (κ1) is 16.3. The van der Waals surface area contributed by atoms with Gasteiger partial charge in [0.25, 0.3) is 0 Å². The lowest BCUT2D eigenvalue weighted by molar-refractivity contribution is -0.149. The second-order valence-electron chi connectivity index (χ2n) is 5.37. The summed E-state index contributed by atoms with van der Waals surface area (Å²) in [7, 11) is 1.62. The highest BCUT2D eigenvalue weighted by atomic mass is 16.5. The Morgan fingerprint density at radius 2 is 2.00 bits per heavy atom. The molecule has 1 unspecified atom stereocenters. The molecule has 1 fully saturated rings. The van der Waals surface area contributed by atoms with Crippen LogP contribution in [0.15, 0.2) is 24.3 Å². The molecule has 5 nitrogen and oxygen atoms in total. The summed E-state index contributed by atoms with van der Waals surface area (Å²) in [4.78, 5) is 13.9. The molecule has 1 aliphatic rings. The average molecular weight is 302 g/mol. The SMILES string of the molecule is CCOC(=O)C1CCN(C(C#N)c2ccc(OC)cc2)CC1. The molecule has 5 heteroatoms. The van der Waals surface area contributed by atoms with E-state index in [9.17, 15) is 10.1 Å². The number of esters is 1. The number of hydrogen-bond acceptors (Lipinski definition) is 5. The molecule has 0 amide bonds. The number of benzene rings is 1. The lowest BCUT2D eigenvalue weighted by Crippen LogP contribution is -2.38. The molecule has 22 heavy (non-hydrogen) atoms. The topological polar surface area (TPSA) is 62.6 Å². The summed E-state index contributed by atoms with van der Waals surface area (Å²) in [6.07, 6.45) is 1.49.